The van der Waals surface area contributed by atoms with Crippen molar-refractivity contribution in [1.29, 1.82) is 0 Å². The van der Waals surface area contributed by atoms with E-state index < -0.39 is 5.97 Å². The maximum absolute atomic E-state index is 12.3. The molecule has 0 unspecified atom stereocenters. The maximum Gasteiger partial charge on any atom is 0.326 e. The average Bonchev–Trinajstić information content (AvgIpc) is 2.86. The Bertz CT molecular complexity index is 668. The minimum Gasteiger partial charge on any atom is -0.490 e. The number of likely N-dealkylation sites (tertiary alicyclic amines) is 1. The van der Waals surface area contributed by atoms with E-state index in [1.807, 2.05) is 43.3 Å². The van der Waals surface area contributed by atoms with Crippen molar-refractivity contribution < 1.29 is 23.9 Å². The second-order valence-electron chi connectivity index (χ2n) is 6.30. The summed E-state index contributed by atoms with van der Waals surface area (Å²) < 4.78 is 10.5. The summed E-state index contributed by atoms with van der Waals surface area (Å²) in [5.41, 5.74) is 1.13. The number of allylic oxidation sites excluding steroid dienone is 2. The molecule has 2 atom stereocenters. The number of aryl methyl sites for hydroxylation is 1. The van der Waals surface area contributed by atoms with Gasteiger partial charge in [-0.25, -0.2) is 0 Å². The molecule has 6 nitrogen and oxygen atoms in total. The van der Waals surface area contributed by atoms with Crippen LogP contribution in [-0.2, 0) is 19.1 Å². The van der Waals surface area contributed by atoms with Crippen LogP contribution in [0.15, 0.2) is 36.4 Å². The maximum atomic E-state index is 12.3. The van der Waals surface area contributed by atoms with Gasteiger partial charge in [0.1, 0.15) is 25.5 Å². The Morgan fingerprint density at radius 2 is 1.64 bits per heavy atom. The predicted octanol–water partition coefficient (Wildman–Crippen LogP) is 1.87. The quantitative estimate of drug-likeness (QED) is 0.341. The van der Waals surface area contributed by atoms with Gasteiger partial charge in [-0.1, -0.05) is 29.8 Å². The minimum absolute atomic E-state index is 0.0668. The molecule has 0 spiro atoms. The van der Waals surface area contributed by atoms with Crippen LogP contribution < -0.4 is 4.74 Å². The van der Waals surface area contributed by atoms with Gasteiger partial charge in [0.05, 0.1) is 11.8 Å². The van der Waals surface area contributed by atoms with E-state index in [1.54, 1.807) is 0 Å². The number of esters is 1. The van der Waals surface area contributed by atoms with Gasteiger partial charge in [-0.05, 0) is 31.9 Å². The molecule has 1 saturated heterocycles. The topological polar surface area (TPSA) is 72.9 Å². The van der Waals surface area contributed by atoms with Gasteiger partial charge in [0.25, 0.3) is 0 Å². The Morgan fingerprint density at radius 3 is 2.24 bits per heavy atom. The molecule has 0 N–H and O–H groups in total. The van der Waals surface area contributed by atoms with Gasteiger partial charge in [-0.2, -0.15) is 0 Å². The van der Waals surface area contributed by atoms with E-state index in [1.165, 1.54) is 0 Å². The van der Waals surface area contributed by atoms with Crippen LogP contribution in [0.1, 0.15) is 18.4 Å². The Balaban J connectivity index is 1.42. The molecule has 2 amide bonds. The van der Waals surface area contributed by atoms with Crippen LogP contribution >= 0.6 is 0 Å². The minimum atomic E-state index is -0.596. The van der Waals surface area contributed by atoms with E-state index in [0.29, 0.717) is 18.6 Å². The first kappa shape index (κ1) is 17.2. The number of rotatable bonds is 6. The molecule has 0 aromatic heterocycles. The standard InChI is InChI=1S/C19H21NO5/c1-13-6-8-14(9-7-13)24-10-11-25-17(21)12-20-18(22)15-4-2-3-5-16(15)19(20)23/h2-3,6-9,15-16H,4-5,10-12H2,1H3/t15-,16-/m0/s1. The fourth-order valence-electron chi connectivity index (χ4n) is 3.15. The van der Waals surface area contributed by atoms with Crippen molar-refractivity contribution in [1.82, 2.24) is 4.90 Å². The molecular weight excluding hydrogens is 322 g/mol. The lowest BCUT2D eigenvalue weighted by Gasteiger charge is -2.14. The van der Waals surface area contributed by atoms with Crippen molar-refractivity contribution in [3.63, 3.8) is 0 Å². The number of hydrogen-bond donors (Lipinski definition) is 0. The highest BCUT2D eigenvalue weighted by molar-refractivity contribution is 6.07. The van der Waals surface area contributed by atoms with Gasteiger partial charge in [0.2, 0.25) is 11.8 Å². The third-order valence-corrected chi connectivity index (χ3v) is 4.52. The average molecular weight is 343 g/mol. The number of fused-ring (bicyclic) bond motifs is 1. The first-order valence-corrected chi connectivity index (χ1v) is 8.41. The molecule has 0 radical (unpaired) electrons. The number of hydrogen-bond acceptors (Lipinski definition) is 5. The normalized spacial score (nSPS) is 22.0. The molecule has 132 valence electrons. The lowest BCUT2D eigenvalue weighted by atomic mass is 9.85. The van der Waals surface area contributed by atoms with Gasteiger partial charge in [0.15, 0.2) is 0 Å². The van der Waals surface area contributed by atoms with Crippen molar-refractivity contribution in [2.24, 2.45) is 11.8 Å². The molecule has 1 aliphatic heterocycles. The number of benzene rings is 1. The molecule has 3 rings (SSSR count). The van der Waals surface area contributed by atoms with Crippen molar-refractivity contribution >= 4 is 17.8 Å². The van der Waals surface area contributed by atoms with E-state index >= 15 is 0 Å². The zero-order chi connectivity index (χ0) is 17.8. The molecule has 1 fully saturated rings. The summed E-state index contributed by atoms with van der Waals surface area (Å²) in [7, 11) is 0. The second kappa shape index (κ2) is 7.51. The Morgan fingerprint density at radius 1 is 1.04 bits per heavy atom. The van der Waals surface area contributed by atoms with Crippen LogP contribution in [0.25, 0.3) is 0 Å². The van der Waals surface area contributed by atoms with Crippen LogP contribution in [0, 0.1) is 18.8 Å². The summed E-state index contributed by atoms with van der Waals surface area (Å²) in [6, 6.07) is 7.55. The molecule has 2 aliphatic rings. The monoisotopic (exact) mass is 343 g/mol. The molecule has 1 heterocycles. The molecule has 0 saturated carbocycles. The lowest BCUT2D eigenvalue weighted by molar-refractivity contribution is -0.153. The summed E-state index contributed by atoms with van der Waals surface area (Å²) in [4.78, 5) is 37.5. The molecule has 1 aromatic rings. The summed E-state index contributed by atoms with van der Waals surface area (Å²) in [5, 5.41) is 0. The number of nitrogens with zero attached hydrogens (tertiary/aromatic N) is 1. The number of imide groups is 1. The van der Waals surface area contributed by atoms with E-state index in [4.69, 9.17) is 9.47 Å². The number of amides is 2. The highest BCUT2D eigenvalue weighted by Crippen LogP contribution is 2.34. The van der Waals surface area contributed by atoms with Gasteiger partial charge in [-0.3, -0.25) is 19.3 Å². The van der Waals surface area contributed by atoms with Crippen molar-refractivity contribution in [3.05, 3.63) is 42.0 Å². The first-order valence-electron chi connectivity index (χ1n) is 8.41. The smallest absolute Gasteiger partial charge is 0.326 e. The van der Waals surface area contributed by atoms with Crippen LogP contribution in [0.2, 0.25) is 0 Å². The predicted molar refractivity (Wildman–Crippen MR) is 89.7 cm³/mol. The van der Waals surface area contributed by atoms with Crippen molar-refractivity contribution in [3.8, 4) is 5.75 Å². The van der Waals surface area contributed by atoms with Crippen molar-refractivity contribution in [2.75, 3.05) is 19.8 Å². The molecule has 1 aromatic carbocycles. The number of ether oxygens (including phenoxy) is 2. The van der Waals surface area contributed by atoms with E-state index in [-0.39, 0.29) is 43.4 Å². The zero-order valence-corrected chi connectivity index (χ0v) is 14.1. The molecule has 25 heavy (non-hydrogen) atoms. The second-order valence-corrected chi connectivity index (χ2v) is 6.30. The lowest BCUT2D eigenvalue weighted by Crippen LogP contribution is -2.37. The third-order valence-electron chi connectivity index (χ3n) is 4.52. The Hall–Kier alpha value is -2.63. The van der Waals surface area contributed by atoms with Crippen LogP contribution in [0.3, 0.4) is 0 Å². The highest BCUT2D eigenvalue weighted by Gasteiger charge is 2.47. The molecule has 0 bridgehead atoms. The largest absolute Gasteiger partial charge is 0.490 e. The van der Waals surface area contributed by atoms with E-state index in [9.17, 15) is 14.4 Å². The molecular formula is C19H21NO5. The number of carbonyl (C=O) groups is 3. The Labute approximate surface area is 146 Å². The fourth-order valence-corrected chi connectivity index (χ4v) is 3.15. The zero-order valence-electron chi connectivity index (χ0n) is 14.1. The molecule has 1 aliphatic carbocycles. The summed E-state index contributed by atoms with van der Waals surface area (Å²) in [6.07, 6.45) is 4.95. The summed E-state index contributed by atoms with van der Waals surface area (Å²) >= 11 is 0. The van der Waals surface area contributed by atoms with Gasteiger partial charge in [-0.15, -0.1) is 0 Å². The summed E-state index contributed by atoms with van der Waals surface area (Å²) in [5.74, 6) is -1.09. The van der Waals surface area contributed by atoms with E-state index in [2.05, 4.69) is 0 Å². The van der Waals surface area contributed by atoms with Crippen molar-refractivity contribution in [2.45, 2.75) is 19.8 Å². The first-order chi connectivity index (χ1) is 12.1. The van der Waals surface area contributed by atoms with Gasteiger partial charge >= 0.3 is 5.97 Å². The van der Waals surface area contributed by atoms with Crippen LogP contribution in [-0.4, -0.2) is 42.4 Å². The van der Waals surface area contributed by atoms with E-state index in [0.717, 1.165) is 10.5 Å². The van der Waals surface area contributed by atoms with Gasteiger partial charge < -0.3 is 9.47 Å². The van der Waals surface area contributed by atoms with Crippen LogP contribution in [0.4, 0.5) is 0 Å². The SMILES string of the molecule is Cc1ccc(OCCOC(=O)CN2C(=O)[C@H]3CC=CC[C@@H]3C2=O)cc1. The summed E-state index contributed by atoms with van der Waals surface area (Å²) in [6.45, 7) is 1.94. The molecule has 6 heteroatoms. The third kappa shape index (κ3) is 3.90. The highest BCUT2D eigenvalue weighted by atomic mass is 16.6. The van der Waals surface area contributed by atoms with Crippen LogP contribution in [0.5, 0.6) is 5.75 Å². The van der Waals surface area contributed by atoms with Gasteiger partial charge in [0, 0.05) is 0 Å². The number of carbonyl (C=O) groups excluding carboxylic acids is 3. The fraction of sp³-hybridized carbons (Fsp3) is 0.421. The Kier molecular flexibility index (Phi) is 5.16.